The number of hydrogen-bond donors (Lipinski definition) is 1. The molecule has 1 heterocycles. The quantitative estimate of drug-likeness (QED) is 0.798. The lowest BCUT2D eigenvalue weighted by Gasteiger charge is -2.23. The maximum Gasteiger partial charge on any atom is 0.203 e. The molecular weight excluding hydrogens is 238 g/mol. The summed E-state index contributed by atoms with van der Waals surface area (Å²) in [7, 11) is 1.75. The van der Waals surface area contributed by atoms with E-state index in [4.69, 9.17) is 4.74 Å². The first-order valence-corrected chi connectivity index (χ1v) is 7.67. The van der Waals surface area contributed by atoms with E-state index in [1.807, 2.05) is 6.20 Å². The summed E-state index contributed by atoms with van der Waals surface area (Å²) in [6.45, 7) is 1.73. The van der Waals surface area contributed by atoms with Gasteiger partial charge in [-0.2, -0.15) is 0 Å². The molecule has 108 valence electrons. The molecule has 0 atom stereocenters. The van der Waals surface area contributed by atoms with Gasteiger partial charge in [-0.15, -0.1) is 0 Å². The summed E-state index contributed by atoms with van der Waals surface area (Å²) >= 11 is 0. The van der Waals surface area contributed by atoms with Crippen molar-refractivity contribution in [1.82, 2.24) is 9.55 Å². The maximum atomic E-state index is 5.07. The van der Waals surface area contributed by atoms with Crippen molar-refractivity contribution >= 4 is 5.95 Å². The van der Waals surface area contributed by atoms with Crippen LogP contribution in [0.15, 0.2) is 12.4 Å². The predicted molar refractivity (Wildman–Crippen MR) is 78.6 cm³/mol. The summed E-state index contributed by atoms with van der Waals surface area (Å²) in [4.78, 5) is 4.45. The van der Waals surface area contributed by atoms with E-state index in [0.717, 1.165) is 25.5 Å². The first kappa shape index (κ1) is 14.4. The smallest absolute Gasteiger partial charge is 0.203 e. The van der Waals surface area contributed by atoms with Gasteiger partial charge < -0.3 is 14.6 Å². The number of imidazole rings is 1. The first-order valence-electron chi connectivity index (χ1n) is 7.67. The van der Waals surface area contributed by atoms with Gasteiger partial charge in [-0.05, 0) is 19.3 Å². The summed E-state index contributed by atoms with van der Waals surface area (Å²) in [5.74, 6) is 1.03. The highest BCUT2D eigenvalue weighted by molar-refractivity contribution is 5.26. The first-order chi connectivity index (χ1) is 9.42. The molecule has 1 aromatic heterocycles. The number of aromatic nitrogens is 2. The van der Waals surface area contributed by atoms with Crippen molar-refractivity contribution in [1.29, 1.82) is 0 Å². The molecule has 0 unspecified atom stereocenters. The van der Waals surface area contributed by atoms with Crippen molar-refractivity contribution in [2.24, 2.45) is 0 Å². The fourth-order valence-electron chi connectivity index (χ4n) is 2.87. The number of hydrogen-bond acceptors (Lipinski definition) is 3. The lowest BCUT2D eigenvalue weighted by atomic mass is 9.96. The maximum absolute atomic E-state index is 5.07. The number of methoxy groups -OCH3 is 1. The van der Waals surface area contributed by atoms with Crippen LogP contribution in [0.4, 0.5) is 5.95 Å². The highest BCUT2D eigenvalue weighted by Crippen LogP contribution is 2.28. The molecule has 1 aromatic rings. The molecule has 0 bridgehead atoms. The topological polar surface area (TPSA) is 39.1 Å². The normalized spacial score (nSPS) is 17.9. The van der Waals surface area contributed by atoms with E-state index < -0.39 is 0 Å². The third-order valence-electron chi connectivity index (χ3n) is 3.95. The average Bonchev–Trinajstić information content (AvgIpc) is 2.83. The average molecular weight is 265 g/mol. The zero-order chi connectivity index (χ0) is 13.3. The lowest BCUT2D eigenvalue weighted by molar-refractivity contribution is 0.197. The molecule has 1 N–H and O–H groups in total. The second kappa shape index (κ2) is 8.20. The Morgan fingerprint density at radius 2 is 2.00 bits per heavy atom. The van der Waals surface area contributed by atoms with E-state index >= 15 is 0 Å². The molecule has 0 radical (unpaired) electrons. The fraction of sp³-hybridized carbons (Fsp3) is 0.800. The third kappa shape index (κ3) is 4.53. The van der Waals surface area contributed by atoms with Crippen LogP contribution in [0, 0.1) is 0 Å². The molecule has 1 fully saturated rings. The molecule has 0 spiro atoms. The van der Waals surface area contributed by atoms with Crippen LogP contribution >= 0.6 is 0 Å². The van der Waals surface area contributed by atoms with Gasteiger partial charge >= 0.3 is 0 Å². The Labute approximate surface area is 116 Å². The van der Waals surface area contributed by atoms with Crippen LogP contribution in [-0.2, 0) is 4.74 Å². The van der Waals surface area contributed by atoms with Crippen LogP contribution < -0.4 is 5.32 Å². The van der Waals surface area contributed by atoms with E-state index in [1.165, 1.54) is 44.9 Å². The van der Waals surface area contributed by atoms with Crippen molar-refractivity contribution in [3.8, 4) is 0 Å². The van der Waals surface area contributed by atoms with Crippen LogP contribution in [0.1, 0.15) is 57.4 Å². The van der Waals surface area contributed by atoms with E-state index in [0.29, 0.717) is 6.04 Å². The van der Waals surface area contributed by atoms with Gasteiger partial charge in [-0.3, -0.25) is 0 Å². The van der Waals surface area contributed by atoms with Crippen LogP contribution in [0.5, 0.6) is 0 Å². The molecule has 1 saturated carbocycles. The van der Waals surface area contributed by atoms with Gasteiger partial charge in [0.1, 0.15) is 0 Å². The molecule has 0 saturated heterocycles. The highest BCUT2D eigenvalue weighted by Gasteiger charge is 2.15. The molecule has 1 aliphatic carbocycles. The molecule has 4 heteroatoms. The van der Waals surface area contributed by atoms with Crippen LogP contribution in [0.25, 0.3) is 0 Å². The summed E-state index contributed by atoms with van der Waals surface area (Å²) in [6.07, 6.45) is 14.6. The highest BCUT2D eigenvalue weighted by atomic mass is 16.5. The Balaban J connectivity index is 1.89. The number of nitrogens with zero attached hydrogens (tertiary/aromatic N) is 2. The van der Waals surface area contributed by atoms with Crippen molar-refractivity contribution in [2.75, 3.05) is 25.6 Å². The minimum absolute atomic E-state index is 0.632. The second-order valence-corrected chi connectivity index (χ2v) is 5.43. The van der Waals surface area contributed by atoms with Gasteiger partial charge in [0.2, 0.25) is 5.95 Å². The van der Waals surface area contributed by atoms with Gasteiger partial charge in [-0.25, -0.2) is 4.98 Å². The predicted octanol–water partition coefficient (Wildman–Crippen LogP) is 3.62. The summed E-state index contributed by atoms with van der Waals surface area (Å²) in [5, 5.41) is 3.43. The zero-order valence-electron chi connectivity index (χ0n) is 12.1. The van der Waals surface area contributed by atoms with E-state index in [9.17, 15) is 0 Å². The number of rotatable bonds is 6. The largest absolute Gasteiger partial charge is 0.385 e. The Hall–Kier alpha value is -1.03. The van der Waals surface area contributed by atoms with Gasteiger partial charge in [0.15, 0.2) is 0 Å². The van der Waals surface area contributed by atoms with Crippen molar-refractivity contribution in [2.45, 2.75) is 57.4 Å². The Kier molecular flexibility index (Phi) is 6.21. The van der Waals surface area contributed by atoms with E-state index in [2.05, 4.69) is 21.1 Å². The van der Waals surface area contributed by atoms with Crippen LogP contribution in [0.2, 0.25) is 0 Å². The Morgan fingerprint density at radius 3 is 2.74 bits per heavy atom. The molecule has 0 amide bonds. The minimum atomic E-state index is 0.632. The van der Waals surface area contributed by atoms with Crippen molar-refractivity contribution in [3.05, 3.63) is 12.4 Å². The Morgan fingerprint density at radius 1 is 1.26 bits per heavy atom. The minimum Gasteiger partial charge on any atom is -0.385 e. The van der Waals surface area contributed by atoms with Crippen LogP contribution in [-0.4, -0.2) is 29.8 Å². The Bertz CT molecular complexity index is 343. The van der Waals surface area contributed by atoms with Crippen molar-refractivity contribution < 1.29 is 4.74 Å². The SMILES string of the molecule is COCCCNc1nccn1C1CCCCCCC1. The molecular formula is C15H27N3O. The standard InChI is InChI=1S/C15H27N3O/c1-19-13-7-10-16-15-17-11-12-18(15)14-8-5-3-2-4-6-9-14/h11-12,14H,2-10,13H2,1H3,(H,16,17). The van der Waals surface area contributed by atoms with Gasteiger partial charge in [0.05, 0.1) is 0 Å². The summed E-state index contributed by atoms with van der Waals surface area (Å²) in [5.41, 5.74) is 0. The monoisotopic (exact) mass is 265 g/mol. The summed E-state index contributed by atoms with van der Waals surface area (Å²) in [6, 6.07) is 0.632. The van der Waals surface area contributed by atoms with Crippen LogP contribution in [0.3, 0.4) is 0 Å². The molecule has 2 rings (SSSR count). The number of nitrogens with one attached hydrogen (secondary N) is 1. The number of anilines is 1. The van der Waals surface area contributed by atoms with Gasteiger partial charge in [-0.1, -0.05) is 32.1 Å². The lowest BCUT2D eigenvalue weighted by Crippen LogP contribution is -2.15. The van der Waals surface area contributed by atoms with Gasteiger partial charge in [0.25, 0.3) is 0 Å². The van der Waals surface area contributed by atoms with E-state index in [-0.39, 0.29) is 0 Å². The molecule has 0 aliphatic heterocycles. The second-order valence-electron chi connectivity index (χ2n) is 5.43. The summed E-state index contributed by atoms with van der Waals surface area (Å²) < 4.78 is 7.42. The number of ether oxygens (including phenoxy) is 1. The molecule has 19 heavy (non-hydrogen) atoms. The fourth-order valence-corrected chi connectivity index (χ4v) is 2.87. The molecule has 0 aromatic carbocycles. The third-order valence-corrected chi connectivity index (χ3v) is 3.95. The molecule has 4 nitrogen and oxygen atoms in total. The molecule has 1 aliphatic rings. The van der Waals surface area contributed by atoms with E-state index in [1.54, 1.807) is 7.11 Å². The van der Waals surface area contributed by atoms with Crippen molar-refractivity contribution in [3.63, 3.8) is 0 Å². The zero-order valence-corrected chi connectivity index (χ0v) is 12.1. The van der Waals surface area contributed by atoms with Gasteiger partial charge in [0, 0.05) is 38.7 Å².